The molecule has 17 heteroatoms. The van der Waals surface area contributed by atoms with Crippen molar-refractivity contribution in [2.45, 2.75) is 38.0 Å². The summed E-state index contributed by atoms with van der Waals surface area (Å²) < 4.78 is 106. The van der Waals surface area contributed by atoms with Crippen molar-refractivity contribution < 1.29 is 40.2 Å². The predicted molar refractivity (Wildman–Crippen MR) is 134 cm³/mol. The summed E-state index contributed by atoms with van der Waals surface area (Å²) in [6.07, 6.45) is -3.38. The van der Waals surface area contributed by atoms with Crippen molar-refractivity contribution in [3.8, 4) is 17.1 Å². The molecule has 0 spiro atoms. The van der Waals surface area contributed by atoms with Crippen LogP contribution in [0, 0.1) is 5.82 Å². The second-order valence-electron chi connectivity index (χ2n) is 8.89. The highest BCUT2D eigenvalue weighted by Crippen LogP contribution is 2.32. The van der Waals surface area contributed by atoms with Gasteiger partial charge in [0.1, 0.15) is 17.6 Å². The zero-order valence-corrected chi connectivity index (χ0v) is 21.5. The molecular weight excluding hydrogens is 581 g/mol. The lowest BCUT2D eigenvalue weighted by atomic mass is 10.1. The number of methoxy groups -OCH3 is 1. The summed E-state index contributed by atoms with van der Waals surface area (Å²) >= 11 is 0. The van der Waals surface area contributed by atoms with Crippen molar-refractivity contribution in [2.75, 3.05) is 19.0 Å². The van der Waals surface area contributed by atoms with Crippen LogP contribution in [-0.2, 0) is 17.5 Å². The number of hydrogen-bond donors (Lipinski definition) is 2. The van der Waals surface area contributed by atoms with Crippen LogP contribution in [0.1, 0.15) is 12.0 Å². The SMILES string of the molecule is COc1cnc(-c2cc3ccn(C[C@@H](F)C[C@H](COC(F)F)Nc4cn[nH]c(=O)c4C(F)(F)F)c(=O)c3cc2F)nc1. The van der Waals surface area contributed by atoms with Crippen LogP contribution in [0.2, 0.25) is 0 Å². The summed E-state index contributed by atoms with van der Waals surface area (Å²) in [4.78, 5) is 32.7. The molecule has 0 saturated heterocycles. The van der Waals surface area contributed by atoms with Gasteiger partial charge < -0.3 is 19.4 Å². The lowest BCUT2D eigenvalue weighted by Crippen LogP contribution is -2.35. The van der Waals surface area contributed by atoms with Gasteiger partial charge in [0.05, 0.1) is 61.5 Å². The minimum Gasteiger partial charge on any atom is -0.494 e. The molecule has 3 heterocycles. The standard InChI is InChI=1S/C25H21F7N6O4/c1-41-15-7-33-21(34-8-15)17-4-12-2-3-38(23(40)16(12)6-18(17)27)10-13(26)5-14(11-42-24(28)29)36-19-9-35-37-22(39)20(19)25(30,31)32/h2-4,6-9,13-14,24H,5,10-11H2,1H3,(H2,36,37,39)/t13-,14+/m0/s1. The average Bonchev–Trinajstić information content (AvgIpc) is 2.92. The fourth-order valence-corrected chi connectivity index (χ4v) is 4.14. The molecule has 4 rings (SSSR count). The van der Waals surface area contributed by atoms with E-state index in [1.807, 2.05) is 0 Å². The Labute approximate surface area is 231 Å². The van der Waals surface area contributed by atoms with Gasteiger partial charge >= 0.3 is 12.8 Å². The van der Waals surface area contributed by atoms with Crippen LogP contribution < -0.4 is 21.2 Å². The molecule has 4 aromatic rings. The van der Waals surface area contributed by atoms with Gasteiger partial charge in [-0.15, -0.1) is 0 Å². The number of hydrogen-bond acceptors (Lipinski definition) is 8. The third-order valence-electron chi connectivity index (χ3n) is 6.03. The molecular formula is C25H21F7N6O4. The average molecular weight is 602 g/mol. The minimum atomic E-state index is -5.14. The number of H-pyrrole nitrogens is 1. The van der Waals surface area contributed by atoms with Crippen LogP contribution in [0.15, 0.2) is 52.6 Å². The van der Waals surface area contributed by atoms with E-state index in [-0.39, 0.29) is 22.2 Å². The number of ether oxygens (including phenoxy) is 2. The van der Waals surface area contributed by atoms with Crippen molar-refractivity contribution in [3.05, 3.63) is 75.1 Å². The number of halogens is 7. The first-order chi connectivity index (χ1) is 19.9. The van der Waals surface area contributed by atoms with E-state index in [0.717, 1.165) is 10.6 Å². The number of fused-ring (bicyclic) bond motifs is 1. The molecule has 0 aliphatic carbocycles. The summed E-state index contributed by atoms with van der Waals surface area (Å²) in [5.74, 6) is -0.464. The van der Waals surface area contributed by atoms with Crippen molar-refractivity contribution in [3.63, 3.8) is 0 Å². The van der Waals surface area contributed by atoms with E-state index in [1.165, 1.54) is 37.8 Å². The summed E-state index contributed by atoms with van der Waals surface area (Å²) in [7, 11) is 1.41. The largest absolute Gasteiger partial charge is 0.494 e. The minimum absolute atomic E-state index is 0.00826. The van der Waals surface area contributed by atoms with Gasteiger partial charge in [0.15, 0.2) is 11.6 Å². The number of anilines is 1. The molecule has 0 amide bonds. The van der Waals surface area contributed by atoms with Gasteiger partial charge in [-0.05, 0) is 23.6 Å². The summed E-state index contributed by atoms with van der Waals surface area (Å²) in [6.45, 7) is -4.93. The first-order valence-corrected chi connectivity index (χ1v) is 12.0. The number of pyridine rings is 1. The van der Waals surface area contributed by atoms with Gasteiger partial charge in [-0.25, -0.2) is 23.8 Å². The number of alkyl halides is 6. The molecule has 224 valence electrons. The predicted octanol–water partition coefficient (Wildman–Crippen LogP) is 4.16. The van der Waals surface area contributed by atoms with Gasteiger partial charge in [-0.1, -0.05) is 0 Å². The van der Waals surface area contributed by atoms with Crippen LogP contribution in [0.4, 0.5) is 36.4 Å². The van der Waals surface area contributed by atoms with Crippen LogP contribution >= 0.6 is 0 Å². The van der Waals surface area contributed by atoms with Crippen molar-refractivity contribution >= 4 is 16.5 Å². The molecule has 2 N–H and O–H groups in total. The van der Waals surface area contributed by atoms with E-state index in [1.54, 1.807) is 5.10 Å². The van der Waals surface area contributed by atoms with Crippen molar-refractivity contribution in [1.29, 1.82) is 0 Å². The van der Waals surface area contributed by atoms with Crippen LogP contribution in [0.25, 0.3) is 22.2 Å². The first kappa shape index (κ1) is 30.4. The quantitative estimate of drug-likeness (QED) is 0.246. The first-order valence-electron chi connectivity index (χ1n) is 12.0. The Kier molecular flexibility index (Phi) is 9.08. The smallest absolute Gasteiger partial charge is 0.423 e. The highest BCUT2D eigenvalue weighted by atomic mass is 19.4. The fraction of sp³-hybridized carbons (Fsp3) is 0.320. The third kappa shape index (κ3) is 7.02. The Hall–Kier alpha value is -4.54. The van der Waals surface area contributed by atoms with Gasteiger partial charge in [0, 0.05) is 12.6 Å². The number of benzene rings is 1. The van der Waals surface area contributed by atoms with E-state index < -0.39 is 72.8 Å². The highest BCUT2D eigenvalue weighted by molar-refractivity contribution is 5.86. The molecule has 0 unspecified atom stereocenters. The Morgan fingerprint density at radius 1 is 1.10 bits per heavy atom. The summed E-state index contributed by atoms with van der Waals surface area (Å²) in [5, 5.41) is 7.25. The van der Waals surface area contributed by atoms with E-state index >= 15 is 4.39 Å². The molecule has 0 fully saturated rings. The second-order valence-corrected chi connectivity index (χ2v) is 8.89. The number of aromatic nitrogens is 5. The maximum absolute atomic E-state index is 15.1. The molecule has 0 radical (unpaired) electrons. The highest BCUT2D eigenvalue weighted by Gasteiger charge is 2.38. The van der Waals surface area contributed by atoms with Gasteiger partial charge in [0.25, 0.3) is 11.1 Å². The van der Waals surface area contributed by atoms with Gasteiger partial charge in [0.2, 0.25) is 0 Å². The van der Waals surface area contributed by atoms with Gasteiger partial charge in [-0.3, -0.25) is 9.59 Å². The molecule has 0 bridgehead atoms. The van der Waals surface area contributed by atoms with E-state index in [0.29, 0.717) is 11.9 Å². The maximum Gasteiger partial charge on any atom is 0.423 e. The normalized spacial score (nSPS) is 13.4. The molecule has 10 nitrogen and oxygen atoms in total. The van der Waals surface area contributed by atoms with Crippen LogP contribution in [0.5, 0.6) is 5.75 Å². The molecule has 1 aromatic carbocycles. The van der Waals surface area contributed by atoms with E-state index in [2.05, 4.69) is 25.1 Å². The molecule has 0 aliphatic rings. The molecule has 0 saturated carbocycles. The molecule has 3 aromatic heterocycles. The second kappa shape index (κ2) is 12.5. The van der Waals surface area contributed by atoms with Gasteiger partial charge in [-0.2, -0.15) is 27.1 Å². The number of aromatic amines is 1. The van der Waals surface area contributed by atoms with Crippen LogP contribution in [-0.4, -0.2) is 57.3 Å². The van der Waals surface area contributed by atoms with Crippen molar-refractivity contribution in [2.24, 2.45) is 0 Å². The van der Waals surface area contributed by atoms with Crippen molar-refractivity contribution in [1.82, 2.24) is 24.7 Å². The third-order valence-corrected chi connectivity index (χ3v) is 6.03. The topological polar surface area (TPSA) is 124 Å². The van der Waals surface area contributed by atoms with Crippen LogP contribution in [0.3, 0.4) is 0 Å². The lowest BCUT2D eigenvalue weighted by Gasteiger charge is -2.23. The summed E-state index contributed by atoms with van der Waals surface area (Å²) in [6, 6.07) is 2.17. The molecule has 42 heavy (non-hydrogen) atoms. The van der Waals surface area contributed by atoms with E-state index in [4.69, 9.17) is 4.74 Å². The maximum atomic E-state index is 15.1. The Balaban J connectivity index is 1.56. The number of rotatable bonds is 11. The Bertz CT molecular complexity index is 1660. The number of nitrogens with one attached hydrogen (secondary N) is 2. The lowest BCUT2D eigenvalue weighted by molar-refractivity contribution is -0.138. The number of nitrogens with zero attached hydrogens (tertiary/aromatic N) is 4. The fourth-order valence-electron chi connectivity index (χ4n) is 4.14. The Morgan fingerprint density at radius 2 is 1.81 bits per heavy atom. The van der Waals surface area contributed by atoms with E-state index in [9.17, 15) is 35.9 Å². The zero-order chi connectivity index (χ0) is 30.6. The summed E-state index contributed by atoms with van der Waals surface area (Å²) in [5.41, 5.74) is -4.97. The Morgan fingerprint density at radius 3 is 2.45 bits per heavy atom. The molecule has 2 atom stereocenters. The zero-order valence-electron chi connectivity index (χ0n) is 21.5. The molecule has 0 aliphatic heterocycles. The monoisotopic (exact) mass is 602 g/mol.